The summed E-state index contributed by atoms with van der Waals surface area (Å²) in [6.07, 6.45) is 3.74. The number of fused-ring (bicyclic) bond motifs is 2. The van der Waals surface area contributed by atoms with Crippen molar-refractivity contribution in [3.05, 3.63) is 70.4 Å². The van der Waals surface area contributed by atoms with Gasteiger partial charge in [-0.3, -0.25) is 9.36 Å². The van der Waals surface area contributed by atoms with Crippen LogP contribution in [-0.2, 0) is 13.0 Å². The molecule has 2 aromatic carbocycles. The van der Waals surface area contributed by atoms with Gasteiger partial charge in [0.25, 0.3) is 5.56 Å². The van der Waals surface area contributed by atoms with Gasteiger partial charge in [-0.15, -0.1) is 0 Å². The molecule has 156 valence electrons. The van der Waals surface area contributed by atoms with Crippen LogP contribution in [0.1, 0.15) is 12.0 Å². The third-order valence-electron chi connectivity index (χ3n) is 5.15. The number of nitrogens with one attached hydrogen (secondary N) is 1. The largest absolute Gasteiger partial charge is 0.361 e. The molecule has 0 unspecified atom stereocenters. The normalized spacial score (nSPS) is 11.7. The third kappa shape index (κ3) is 4.42. The van der Waals surface area contributed by atoms with E-state index in [-0.39, 0.29) is 5.56 Å². The Labute approximate surface area is 178 Å². The minimum Gasteiger partial charge on any atom is -0.361 e. The zero-order valence-electron chi connectivity index (χ0n) is 17.2. The Morgan fingerprint density at radius 3 is 2.83 bits per heavy atom. The van der Waals surface area contributed by atoms with Crippen LogP contribution < -0.4 is 5.56 Å². The number of hydrogen-bond acceptors (Lipinski definition) is 4. The zero-order valence-corrected chi connectivity index (χ0v) is 18.0. The number of nitrogens with zero attached hydrogens (tertiary/aromatic N) is 3. The second-order valence-electron chi connectivity index (χ2n) is 7.63. The number of benzene rings is 2. The van der Waals surface area contributed by atoms with E-state index < -0.39 is 5.82 Å². The average Bonchev–Trinajstić information content (AvgIpc) is 3.14. The molecule has 0 fully saturated rings. The lowest BCUT2D eigenvalue weighted by molar-refractivity contribution is 0.379. The molecule has 0 bridgehead atoms. The molecule has 0 aliphatic heterocycles. The predicted octanol–water partition coefficient (Wildman–Crippen LogP) is 4.30. The fraction of sp³-hybridized carbons (Fsp3) is 0.304. The Kier molecular flexibility index (Phi) is 6.20. The molecule has 4 rings (SSSR count). The van der Waals surface area contributed by atoms with E-state index in [0.717, 1.165) is 30.7 Å². The van der Waals surface area contributed by atoms with E-state index in [0.29, 0.717) is 22.6 Å². The molecule has 0 amide bonds. The first-order valence-corrected chi connectivity index (χ1v) is 11.0. The van der Waals surface area contributed by atoms with Crippen molar-refractivity contribution in [1.29, 1.82) is 0 Å². The fourth-order valence-electron chi connectivity index (χ4n) is 3.62. The molecule has 1 N–H and O–H groups in total. The van der Waals surface area contributed by atoms with Crippen LogP contribution in [0.2, 0.25) is 0 Å². The van der Waals surface area contributed by atoms with Gasteiger partial charge in [0, 0.05) is 29.4 Å². The molecule has 5 nitrogen and oxygen atoms in total. The van der Waals surface area contributed by atoms with Crippen LogP contribution in [0.25, 0.3) is 21.8 Å². The van der Waals surface area contributed by atoms with Crippen LogP contribution in [0, 0.1) is 5.82 Å². The molecule has 30 heavy (non-hydrogen) atoms. The van der Waals surface area contributed by atoms with Gasteiger partial charge in [0.05, 0.1) is 10.9 Å². The number of thioether (sulfide) groups is 1. The van der Waals surface area contributed by atoms with Crippen molar-refractivity contribution in [2.75, 3.05) is 26.4 Å². The molecule has 4 aromatic rings. The highest BCUT2D eigenvalue weighted by atomic mass is 32.2. The van der Waals surface area contributed by atoms with Gasteiger partial charge in [0.15, 0.2) is 5.16 Å². The number of para-hydroxylation sites is 1. The summed E-state index contributed by atoms with van der Waals surface area (Å²) in [6, 6.07) is 12.5. The second kappa shape index (κ2) is 9.02. The standard InChI is InChI=1S/C23H25FN4OS/c1-27(2)11-5-12-28-22(29)19-14-17(24)8-9-21(19)26-23(28)30-13-10-16-15-25-20-7-4-3-6-18(16)20/h3-4,6-9,14-15,25H,5,10-13H2,1-2H3. The topological polar surface area (TPSA) is 53.9 Å². The summed E-state index contributed by atoms with van der Waals surface area (Å²) in [5.74, 6) is 0.385. The Balaban J connectivity index is 1.59. The van der Waals surface area contributed by atoms with Gasteiger partial charge in [0.1, 0.15) is 5.82 Å². The lowest BCUT2D eigenvalue weighted by atomic mass is 10.1. The zero-order chi connectivity index (χ0) is 21.1. The first-order valence-electron chi connectivity index (χ1n) is 10.1. The van der Waals surface area contributed by atoms with Crippen LogP contribution >= 0.6 is 11.8 Å². The number of aromatic nitrogens is 3. The van der Waals surface area contributed by atoms with Crippen LogP contribution in [0.3, 0.4) is 0 Å². The Hall–Kier alpha value is -2.64. The van der Waals surface area contributed by atoms with Crippen molar-refractivity contribution in [3.63, 3.8) is 0 Å². The van der Waals surface area contributed by atoms with Crippen molar-refractivity contribution in [2.24, 2.45) is 0 Å². The van der Waals surface area contributed by atoms with Crippen molar-refractivity contribution >= 4 is 33.6 Å². The van der Waals surface area contributed by atoms with Crippen molar-refractivity contribution in [2.45, 2.75) is 24.5 Å². The van der Waals surface area contributed by atoms with Crippen LogP contribution in [0.5, 0.6) is 0 Å². The molecule has 0 aliphatic carbocycles. The minimum atomic E-state index is -0.416. The number of aryl methyl sites for hydroxylation is 1. The van der Waals surface area contributed by atoms with Gasteiger partial charge in [-0.05, 0) is 63.3 Å². The number of rotatable bonds is 8. The highest BCUT2D eigenvalue weighted by Crippen LogP contribution is 2.23. The molecule has 2 heterocycles. The van der Waals surface area contributed by atoms with Gasteiger partial charge in [-0.2, -0.15) is 0 Å². The summed E-state index contributed by atoms with van der Waals surface area (Å²) >= 11 is 1.58. The molecule has 2 aromatic heterocycles. The van der Waals surface area contributed by atoms with E-state index in [1.807, 2.05) is 32.4 Å². The van der Waals surface area contributed by atoms with Crippen LogP contribution in [-0.4, -0.2) is 45.8 Å². The molecular weight excluding hydrogens is 399 g/mol. The van der Waals surface area contributed by atoms with E-state index in [2.05, 4.69) is 22.0 Å². The van der Waals surface area contributed by atoms with E-state index >= 15 is 0 Å². The van der Waals surface area contributed by atoms with Gasteiger partial charge in [0.2, 0.25) is 0 Å². The molecule has 0 radical (unpaired) electrons. The van der Waals surface area contributed by atoms with E-state index in [4.69, 9.17) is 4.98 Å². The number of aromatic amines is 1. The highest BCUT2D eigenvalue weighted by molar-refractivity contribution is 7.99. The molecule has 0 saturated heterocycles. The van der Waals surface area contributed by atoms with Crippen molar-refractivity contribution < 1.29 is 4.39 Å². The predicted molar refractivity (Wildman–Crippen MR) is 122 cm³/mol. The summed E-state index contributed by atoms with van der Waals surface area (Å²) in [5, 5.41) is 2.25. The van der Waals surface area contributed by atoms with Crippen molar-refractivity contribution in [3.8, 4) is 0 Å². The minimum absolute atomic E-state index is 0.173. The maximum absolute atomic E-state index is 13.7. The van der Waals surface area contributed by atoms with Crippen molar-refractivity contribution in [1.82, 2.24) is 19.4 Å². The summed E-state index contributed by atoms with van der Waals surface area (Å²) < 4.78 is 15.4. The third-order valence-corrected chi connectivity index (χ3v) is 6.12. The van der Waals surface area contributed by atoms with E-state index in [1.54, 1.807) is 22.4 Å². The number of halogens is 1. The summed E-state index contributed by atoms with van der Waals surface area (Å²) in [5.41, 5.74) is 2.75. The molecule has 0 saturated carbocycles. The summed E-state index contributed by atoms with van der Waals surface area (Å²) in [6.45, 7) is 1.43. The highest BCUT2D eigenvalue weighted by Gasteiger charge is 2.13. The first kappa shape index (κ1) is 20.6. The van der Waals surface area contributed by atoms with Gasteiger partial charge in [-0.1, -0.05) is 30.0 Å². The van der Waals surface area contributed by atoms with Gasteiger partial charge >= 0.3 is 0 Å². The lowest BCUT2D eigenvalue weighted by Gasteiger charge is -2.15. The van der Waals surface area contributed by atoms with Crippen LogP contribution in [0.15, 0.2) is 58.6 Å². The van der Waals surface area contributed by atoms with Gasteiger partial charge < -0.3 is 9.88 Å². The monoisotopic (exact) mass is 424 g/mol. The smallest absolute Gasteiger partial charge is 0.262 e. The maximum atomic E-state index is 13.7. The Morgan fingerprint density at radius 2 is 2.00 bits per heavy atom. The molecule has 0 spiro atoms. The second-order valence-corrected chi connectivity index (χ2v) is 8.69. The Bertz CT molecular complexity index is 1230. The molecule has 0 aliphatic rings. The molecule has 0 atom stereocenters. The average molecular weight is 425 g/mol. The molecular formula is C23H25FN4OS. The lowest BCUT2D eigenvalue weighted by Crippen LogP contribution is -2.25. The fourth-order valence-corrected chi connectivity index (χ4v) is 4.61. The number of hydrogen-bond donors (Lipinski definition) is 1. The summed E-state index contributed by atoms with van der Waals surface area (Å²) in [4.78, 5) is 23.2. The SMILES string of the molecule is CN(C)CCCn1c(SCCc2c[nH]c3ccccc23)nc2ccc(F)cc2c1=O. The molecule has 7 heteroatoms. The number of H-pyrrole nitrogens is 1. The first-order chi connectivity index (χ1) is 14.5. The van der Waals surface area contributed by atoms with E-state index in [1.165, 1.54) is 23.1 Å². The quantitative estimate of drug-likeness (QED) is 0.338. The van der Waals surface area contributed by atoms with E-state index in [9.17, 15) is 9.18 Å². The summed E-state index contributed by atoms with van der Waals surface area (Å²) in [7, 11) is 4.02. The van der Waals surface area contributed by atoms with Crippen LogP contribution in [0.4, 0.5) is 4.39 Å². The maximum Gasteiger partial charge on any atom is 0.262 e. The Morgan fingerprint density at radius 1 is 1.17 bits per heavy atom. The van der Waals surface area contributed by atoms with Gasteiger partial charge in [-0.25, -0.2) is 9.37 Å².